The van der Waals surface area contributed by atoms with Crippen LogP contribution in [0, 0.1) is 5.92 Å². The number of hydrogen-bond donors (Lipinski definition) is 6. The van der Waals surface area contributed by atoms with Gasteiger partial charge in [0, 0.05) is 6.42 Å². The fourth-order valence-electron chi connectivity index (χ4n) is 1.99. The number of aliphatic hydroxyl groups is 1. The molecule has 0 aliphatic carbocycles. The second-order valence-corrected chi connectivity index (χ2v) is 6.29. The average molecular weight is 361 g/mol. The Kier molecular flexibility index (Phi) is 9.69. The van der Waals surface area contributed by atoms with Crippen molar-refractivity contribution >= 4 is 23.8 Å². The van der Waals surface area contributed by atoms with Crippen molar-refractivity contribution in [1.29, 1.82) is 0 Å². The number of carboxylic acids is 2. The Morgan fingerprint density at radius 2 is 1.48 bits per heavy atom. The molecule has 0 aromatic carbocycles. The molecule has 0 heterocycles. The smallest absolute Gasteiger partial charge is 0.326 e. The summed E-state index contributed by atoms with van der Waals surface area (Å²) in [5.74, 6) is -4.07. The molecule has 0 unspecified atom stereocenters. The first kappa shape index (κ1) is 22.8. The lowest BCUT2D eigenvalue weighted by Crippen LogP contribution is -2.56. The monoisotopic (exact) mass is 361 g/mol. The first-order valence-electron chi connectivity index (χ1n) is 7.94. The van der Waals surface area contributed by atoms with E-state index in [0.29, 0.717) is 0 Å². The number of carbonyl (C=O) groups excluding carboxylic acids is 2. The second-order valence-electron chi connectivity index (χ2n) is 6.29. The van der Waals surface area contributed by atoms with Crippen LogP contribution in [-0.4, -0.2) is 63.3 Å². The number of aliphatic hydroxyl groups excluding tert-OH is 1. The van der Waals surface area contributed by atoms with E-state index in [1.807, 2.05) is 0 Å². The lowest BCUT2D eigenvalue weighted by Gasteiger charge is -2.23. The molecule has 0 bridgehead atoms. The molecular formula is C15H27N3O7. The van der Waals surface area contributed by atoms with Crippen LogP contribution in [0.3, 0.4) is 0 Å². The Hall–Kier alpha value is -2.20. The van der Waals surface area contributed by atoms with Gasteiger partial charge in [0.1, 0.15) is 18.1 Å². The zero-order chi connectivity index (χ0) is 19.7. The SMILES string of the molecule is CC(C)C[C@H](NC(=O)[C@@H](CCC(=O)O)NC(=O)[C@H](N)[C@H](C)O)C(=O)O. The van der Waals surface area contributed by atoms with Gasteiger partial charge >= 0.3 is 11.9 Å². The van der Waals surface area contributed by atoms with Crippen LogP contribution in [0.15, 0.2) is 0 Å². The Labute approximate surface area is 145 Å². The van der Waals surface area contributed by atoms with Crippen molar-refractivity contribution in [3.63, 3.8) is 0 Å². The maximum Gasteiger partial charge on any atom is 0.326 e. The molecule has 0 saturated carbocycles. The number of aliphatic carboxylic acids is 2. The molecule has 10 nitrogen and oxygen atoms in total. The van der Waals surface area contributed by atoms with Gasteiger partial charge in [-0.15, -0.1) is 0 Å². The zero-order valence-corrected chi connectivity index (χ0v) is 14.6. The standard InChI is InChI=1S/C15H27N3O7/c1-7(2)6-10(15(24)25)18-13(22)9(4-5-11(20)21)17-14(23)12(16)8(3)19/h7-10,12,19H,4-6,16H2,1-3H3,(H,17,23)(H,18,22)(H,20,21)(H,24,25)/t8-,9+,10-,12+/m0/s1. The summed E-state index contributed by atoms with van der Waals surface area (Å²) >= 11 is 0. The minimum Gasteiger partial charge on any atom is -0.481 e. The molecule has 0 aliphatic rings. The Morgan fingerprint density at radius 3 is 1.88 bits per heavy atom. The molecule has 7 N–H and O–H groups in total. The fourth-order valence-corrected chi connectivity index (χ4v) is 1.99. The van der Waals surface area contributed by atoms with Crippen LogP contribution in [0.25, 0.3) is 0 Å². The molecule has 10 heteroatoms. The fraction of sp³-hybridized carbons (Fsp3) is 0.733. The van der Waals surface area contributed by atoms with Crippen molar-refractivity contribution in [2.24, 2.45) is 11.7 Å². The highest BCUT2D eigenvalue weighted by atomic mass is 16.4. The van der Waals surface area contributed by atoms with Gasteiger partial charge in [-0.3, -0.25) is 14.4 Å². The number of hydrogen-bond acceptors (Lipinski definition) is 6. The summed E-state index contributed by atoms with van der Waals surface area (Å²) in [7, 11) is 0. The third kappa shape index (κ3) is 9.01. The molecule has 0 rings (SSSR count). The quantitative estimate of drug-likeness (QED) is 0.261. The molecule has 0 saturated heterocycles. The minimum atomic E-state index is -1.30. The van der Waals surface area contributed by atoms with Crippen molar-refractivity contribution in [3.8, 4) is 0 Å². The van der Waals surface area contributed by atoms with Crippen LogP contribution >= 0.6 is 0 Å². The highest BCUT2D eigenvalue weighted by molar-refractivity contribution is 5.92. The van der Waals surface area contributed by atoms with E-state index in [-0.39, 0.29) is 18.8 Å². The van der Waals surface area contributed by atoms with Gasteiger partial charge in [-0.1, -0.05) is 13.8 Å². The normalized spacial score (nSPS) is 15.8. The topological polar surface area (TPSA) is 179 Å². The summed E-state index contributed by atoms with van der Waals surface area (Å²) < 4.78 is 0. The average Bonchev–Trinajstić information content (AvgIpc) is 2.48. The van der Waals surface area contributed by atoms with E-state index in [0.717, 1.165) is 0 Å². The maximum atomic E-state index is 12.3. The Balaban J connectivity index is 5.10. The van der Waals surface area contributed by atoms with E-state index in [9.17, 15) is 24.3 Å². The molecule has 0 aliphatic heterocycles. The zero-order valence-electron chi connectivity index (χ0n) is 14.6. The number of carbonyl (C=O) groups is 4. The van der Waals surface area contributed by atoms with Gasteiger partial charge in [-0.2, -0.15) is 0 Å². The number of rotatable bonds is 11. The summed E-state index contributed by atoms with van der Waals surface area (Å²) in [5, 5.41) is 31.8. The van der Waals surface area contributed by atoms with Gasteiger partial charge in [0.15, 0.2) is 0 Å². The van der Waals surface area contributed by atoms with Gasteiger partial charge in [-0.05, 0) is 25.7 Å². The van der Waals surface area contributed by atoms with E-state index < -0.39 is 54.4 Å². The highest BCUT2D eigenvalue weighted by Crippen LogP contribution is 2.07. The first-order valence-corrected chi connectivity index (χ1v) is 7.94. The number of nitrogens with two attached hydrogens (primary N) is 1. The molecule has 144 valence electrons. The van der Waals surface area contributed by atoms with Crippen LogP contribution < -0.4 is 16.4 Å². The van der Waals surface area contributed by atoms with Gasteiger partial charge < -0.3 is 31.7 Å². The van der Waals surface area contributed by atoms with Crippen LogP contribution in [0.2, 0.25) is 0 Å². The van der Waals surface area contributed by atoms with Crippen molar-refractivity contribution in [3.05, 3.63) is 0 Å². The summed E-state index contributed by atoms with van der Waals surface area (Å²) in [6.07, 6.45) is -1.65. The molecule has 0 fully saturated rings. The van der Waals surface area contributed by atoms with Gasteiger partial charge in [0.05, 0.1) is 6.10 Å². The summed E-state index contributed by atoms with van der Waals surface area (Å²) in [6.45, 7) is 4.86. The van der Waals surface area contributed by atoms with Crippen molar-refractivity contribution in [1.82, 2.24) is 10.6 Å². The molecule has 25 heavy (non-hydrogen) atoms. The van der Waals surface area contributed by atoms with E-state index in [2.05, 4.69) is 10.6 Å². The molecular weight excluding hydrogens is 334 g/mol. The number of nitrogens with one attached hydrogen (secondary N) is 2. The third-order valence-corrected chi connectivity index (χ3v) is 3.42. The van der Waals surface area contributed by atoms with Crippen LogP contribution in [0.4, 0.5) is 0 Å². The van der Waals surface area contributed by atoms with E-state index in [4.69, 9.17) is 15.9 Å². The number of amides is 2. The molecule has 2 amide bonds. The van der Waals surface area contributed by atoms with Crippen molar-refractivity contribution in [2.45, 2.75) is 64.3 Å². The summed E-state index contributed by atoms with van der Waals surface area (Å²) in [4.78, 5) is 46.2. The molecule has 0 aromatic heterocycles. The van der Waals surface area contributed by atoms with E-state index in [1.165, 1.54) is 6.92 Å². The molecule has 0 radical (unpaired) electrons. The minimum absolute atomic E-state index is 0.00267. The molecule has 4 atom stereocenters. The lowest BCUT2D eigenvalue weighted by molar-refractivity contribution is -0.143. The predicted molar refractivity (Wildman–Crippen MR) is 87.5 cm³/mol. The number of carboxylic acid groups (broad SMARTS) is 2. The van der Waals surface area contributed by atoms with Crippen LogP contribution in [0.5, 0.6) is 0 Å². The Bertz CT molecular complexity index is 494. The van der Waals surface area contributed by atoms with Gasteiger partial charge in [-0.25, -0.2) is 4.79 Å². The first-order chi connectivity index (χ1) is 11.5. The summed E-state index contributed by atoms with van der Waals surface area (Å²) in [5.41, 5.74) is 5.48. The van der Waals surface area contributed by atoms with Gasteiger partial charge in [0.2, 0.25) is 11.8 Å². The highest BCUT2D eigenvalue weighted by Gasteiger charge is 2.29. The van der Waals surface area contributed by atoms with Crippen molar-refractivity contribution < 1.29 is 34.5 Å². The van der Waals surface area contributed by atoms with E-state index in [1.54, 1.807) is 13.8 Å². The third-order valence-electron chi connectivity index (χ3n) is 3.42. The van der Waals surface area contributed by atoms with Gasteiger partial charge in [0.25, 0.3) is 0 Å². The Morgan fingerprint density at radius 1 is 0.960 bits per heavy atom. The van der Waals surface area contributed by atoms with Crippen molar-refractivity contribution in [2.75, 3.05) is 0 Å². The van der Waals surface area contributed by atoms with Crippen LogP contribution in [-0.2, 0) is 19.2 Å². The second kappa shape index (κ2) is 10.6. The molecule has 0 spiro atoms. The summed E-state index contributed by atoms with van der Waals surface area (Å²) in [6, 6.07) is -3.74. The van der Waals surface area contributed by atoms with E-state index >= 15 is 0 Å². The lowest BCUT2D eigenvalue weighted by atomic mass is 10.0. The van der Waals surface area contributed by atoms with Crippen LogP contribution in [0.1, 0.15) is 40.0 Å². The largest absolute Gasteiger partial charge is 0.481 e. The maximum absolute atomic E-state index is 12.3. The molecule has 0 aromatic rings. The predicted octanol–water partition coefficient (Wildman–Crippen LogP) is -1.34.